The van der Waals surface area contributed by atoms with E-state index in [1.807, 2.05) is 19.9 Å². The molecule has 0 bridgehead atoms. The summed E-state index contributed by atoms with van der Waals surface area (Å²) in [5, 5.41) is 1.18. The maximum absolute atomic E-state index is 6.31. The molecule has 0 aliphatic heterocycles. The van der Waals surface area contributed by atoms with Crippen LogP contribution in [-0.4, -0.2) is 14.5 Å². The van der Waals surface area contributed by atoms with Crippen molar-refractivity contribution in [1.82, 2.24) is 14.5 Å². The summed E-state index contributed by atoms with van der Waals surface area (Å²) in [5.41, 5.74) is 10.0. The van der Waals surface area contributed by atoms with Crippen molar-refractivity contribution >= 4 is 40.3 Å². The van der Waals surface area contributed by atoms with Crippen molar-refractivity contribution in [2.45, 2.75) is 13.8 Å². The minimum absolute atomic E-state index is 0.333. The predicted octanol–water partition coefficient (Wildman–Crippen LogP) is 3.93. The number of pyridine rings is 1. The Kier molecular flexibility index (Phi) is 3.07. The molecule has 3 aromatic rings. The highest BCUT2D eigenvalue weighted by molar-refractivity contribution is 6.35. The average molecular weight is 307 g/mol. The number of nitrogen functional groups attached to an aromatic ring is 1. The van der Waals surface area contributed by atoms with Gasteiger partial charge in [-0.25, -0.2) is 9.97 Å². The van der Waals surface area contributed by atoms with Crippen LogP contribution >= 0.6 is 23.2 Å². The van der Waals surface area contributed by atoms with E-state index in [1.165, 1.54) is 0 Å². The van der Waals surface area contributed by atoms with Gasteiger partial charge in [0.15, 0.2) is 5.65 Å². The summed E-state index contributed by atoms with van der Waals surface area (Å²) in [4.78, 5) is 8.71. The second-order valence-electron chi connectivity index (χ2n) is 4.71. The largest absolute Gasteiger partial charge is 0.369 e. The van der Waals surface area contributed by atoms with E-state index in [0.717, 1.165) is 16.6 Å². The molecule has 0 saturated heterocycles. The van der Waals surface area contributed by atoms with E-state index in [9.17, 15) is 0 Å². The smallest absolute Gasteiger partial charge is 0.207 e. The quantitative estimate of drug-likeness (QED) is 0.741. The molecule has 4 nitrogen and oxygen atoms in total. The van der Waals surface area contributed by atoms with Crippen molar-refractivity contribution in [1.29, 1.82) is 0 Å². The summed E-state index contributed by atoms with van der Waals surface area (Å²) in [7, 11) is 0. The number of rotatable bonds is 1. The maximum atomic E-state index is 6.31. The van der Waals surface area contributed by atoms with Crippen LogP contribution in [0.1, 0.15) is 11.1 Å². The summed E-state index contributed by atoms with van der Waals surface area (Å²) in [6.07, 6.45) is 1.77. The molecule has 2 aromatic heterocycles. The fraction of sp³-hybridized carbons (Fsp3) is 0.143. The number of aryl methyl sites for hydroxylation is 2. The van der Waals surface area contributed by atoms with E-state index in [0.29, 0.717) is 27.3 Å². The van der Waals surface area contributed by atoms with Crippen molar-refractivity contribution < 1.29 is 0 Å². The number of aromatic nitrogens is 3. The molecule has 0 unspecified atom stereocenters. The number of fused-ring (bicyclic) bond motifs is 1. The number of imidazole rings is 1. The van der Waals surface area contributed by atoms with Crippen LogP contribution in [0.15, 0.2) is 24.4 Å². The Morgan fingerprint density at radius 2 is 1.85 bits per heavy atom. The van der Waals surface area contributed by atoms with Gasteiger partial charge in [-0.1, -0.05) is 23.2 Å². The molecule has 0 atom stereocenters. The highest BCUT2D eigenvalue weighted by Gasteiger charge is 2.15. The predicted molar refractivity (Wildman–Crippen MR) is 82.8 cm³/mol. The highest BCUT2D eigenvalue weighted by atomic mass is 35.5. The Hall–Kier alpha value is -1.78. The van der Waals surface area contributed by atoms with Gasteiger partial charge in [-0.15, -0.1) is 0 Å². The first-order chi connectivity index (χ1) is 9.47. The minimum atomic E-state index is 0.333. The van der Waals surface area contributed by atoms with Crippen molar-refractivity contribution in [3.05, 3.63) is 45.6 Å². The molecular formula is C14H12Cl2N4. The third-order valence-electron chi connectivity index (χ3n) is 3.13. The van der Waals surface area contributed by atoms with Crippen LogP contribution in [0.25, 0.3) is 16.9 Å². The Bertz CT molecular complexity index is 824. The molecule has 20 heavy (non-hydrogen) atoms. The van der Waals surface area contributed by atoms with E-state index >= 15 is 0 Å². The molecule has 0 amide bonds. The number of benzene rings is 1. The van der Waals surface area contributed by atoms with Crippen LogP contribution in [0, 0.1) is 13.8 Å². The van der Waals surface area contributed by atoms with Crippen LogP contribution in [0.2, 0.25) is 10.0 Å². The Morgan fingerprint density at radius 1 is 1.10 bits per heavy atom. The molecule has 0 spiro atoms. The highest BCUT2D eigenvalue weighted by Crippen LogP contribution is 2.31. The number of nitrogens with two attached hydrogens (primary N) is 1. The second kappa shape index (κ2) is 4.65. The number of halogens is 2. The zero-order valence-corrected chi connectivity index (χ0v) is 12.5. The molecule has 3 rings (SSSR count). The topological polar surface area (TPSA) is 56.7 Å². The zero-order chi connectivity index (χ0) is 14.4. The lowest BCUT2D eigenvalue weighted by Gasteiger charge is -2.10. The standard InChI is InChI=1S/C14H12Cl2N4/c1-7-3-11-13(18-6-7)20(14(17)19-11)12-5-9(15)8(2)4-10(12)16/h3-6H,1-2H3,(H2,17,19). The minimum Gasteiger partial charge on any atom is -0.369 e. The number of anilines is 1. The summed E-state index contributed by atoms with van der Waals surface area (Å²) in [6, 6.07) is 5.51. The molecule has 2 N–H and O–H groups in total. The summed E-state index contributed by atoms with van der Waals surface area (Å²) in [6.45, 7) is 3.85. The van der Waals surface area contributed by atoms with E-state index in [4.69, 9.17) is 28.9 Å². The van der Waals surface area contributed by atoms with Crippen molar-refractivity contribution in [2.75, 3.05) is 5.73 Å². The Morgan fingerprint density at radius 3 is 2.60 bits per heavy atom. The van der Waals surface area contributed by atoms with Gasteiger partial charge in [0.2, 0.25) is 5.95 Å². The third-order valence-corrected chi connectivity index (χ3v) is 3.84. The summed E-state index contributed by atoms with van der Waals surface area (Å²) >= 11 is 12.5. The second-order valence-corrected chi connectivity index (χ2v) is 5.53. The van der Waals surface area contributed by atoms with Crippen molar-refractivity contribution in [3.8, 4) is 5.69 Å². The van der Waals surface area contributed by atoms with Crippen LogP contribution in [0.4, 0.5) is 5.95 Å². The van der Waals surface area contributed by atoms with Gasteiger partial charge in [-0.3, -0.25) is 4.57 Å². The molecule has 0 radical (unpaired) electrons. The maximum Gasteiger partial charge on any atom is 0.207 e. The third kappa shape index (κ3) is 2.01. The molecule has 0 aliphatic carbocycles. The first-order valence-corrected chi connectivity index (χ1v) is 6.79. The van der Waals surface area contributed by atoms with Gasteiger partial charge in [-0.2, -0.15) is 0 Å². The lowest BCUT2D eigenvalue weighted by atomic mass is 10.2. The fourth-order valence-electron chi connectivity index (χ4n) is 2.13. The lowest BCUT2D eigenvalue weighted by molar-refractivity contribution is 1.08. The van der Waals surface area contributed by atoms with Crippen molar-refractivity contribution in [2.24, 2.45) is 0 Å². The fourth-order valence-corrected chi connectivity index (χ4v) is 2.59. The monoisotopic (exact) mass is 306 g/mol. The van der Waals surface area contributed by atoms with E-state index in [-0.39, 0.29) is 0 Å². The van der Waals surface area contributed by atoms with Crippen LogP contribution in [0.3, 0.4) is 0 Å². The van der Waals surface area contributed by atoms with Gasteiger partial charge < -0.3 is 5.73 Å². The lowest BCUT2D eigenvalue weighted by Crippen LogP contribution is -2.02. The first kappa shape index (κ1) is 13.2. The van der Waals surface area contributed by atoms with Crippen LogP contribution < -0.4 is 5.73 Å². The SMILES string of the molecule is Cc1cnc2c(c1)nc(N)n2-c1cc(Cl)c(C)cc1Cl. The van der Waals surface area contributed by atoms with Gasteiger partial charge in [0.25, 0.3) is 0 Å². The van der Waals surface area contributed by atoms with Gasteiger partial charge in [0, 0.05) is 11.2 Å². The molecule has 0 saturated carbocycles. The van der Waals surface area contributed by atoms with E-state index in [1.54, 1.807) is 22.9 Å². The normalized spacial score (nSPS) is 11.2. The number of nitrogens with zero attached hydrogens (tertiary/aromatic N) is 3. The molecule has 102 valence electrons. The van der Waals surface area contributed by atoms with Gasteiger partial charge in [0.1, 0.15) is 5.52 Å². The van der Waals surface area contributed by atoms with Gasteiger partial charge in [0.05, 0.1) is 10.7 Å². The Labute approximate surface area is 126 Å². The molecule has 0 aliphatic rings. The summed E-state index contributed by atoms with van der Waals surface area (Å²) < 4.78 is 1.71. The van der Waals surface area contributed by atoms with Crippen LogP contribution in [-0.2, 0) is 0 Å². The van der Waals surface area contributed by atoms with Gasteiger partial charge >= 0.3 is 0 Å². The molecule has 0 fully saturated rings. The first-order valence-electron chi connectivity index (χ1n) is 6.04. The van der Waals surface area contributed by atoms with E-state index < -0.39 is 0 Å². The molecule has 1 aromatic carbocycles. The van der Waals surface area contributed by atoms with Crippen molar-refractivity contribution in [3.63, 3.8) is 0 Å². The number of hydrogen-bond donors (Lipinski definition) is 1. The number of hydrogen-bond acceptors (Lipinski definition) is 3. The average Bonchev–Trinajstić information content (AvgIpc) is 2.69. The Balaban J connectivity index is 2.35. The molecule has 6 heteroatoms. The zero-order valence-electron chi connectivity index (χ0n) is 11.0. The van der Waals surface area contributed by atoms with Gasteiger partial charge in [-0.05, 0) is 43.2 Å². The molecular weight excluding hydrogens is 295 g/mol. The van der Waals surface area contributed by atoms with E-state index in [2.05, 4.69) is 9.97 Å². The summed E-state index contributed by atoms with van der Waals surface area (Å²) in [5.74, 6) is 0.333. The van der Waals surface area contributed by atoms with Crippen LogP contribution in [0.5, 0.6) is 0 Å². The molecule has 2 heterocycles.